The van der Waals surface area contributed by atoms with Crippen molar-refractivity contribution in [3.8, 4) is 0 Å². The van der Waals surface area contributed by atoms with Crippen molar-refractivity contribution in [1.29, 1.82) is 0 Å². The predicted molar refractivity (Wildman–Crippen MR) is 111 cm³/mol. The number of hydrogen-bond donors (Lipinski definition) is 4. The Bertz CT molecular complexity index is 401. The Morgan fingerprint density at radius 3 is 1.41 bits per heavy atom. The molecule has 0 heterocycles. The minimum absolute atomic E-state index is 0.0136. The molecule has 0 saturated carbocycles. The molecule has 0 aliphatic carbocycles. The van der Waals surface area contributed by atoms with E-state index in [1.54, 1.807) is 0 Å². The summed E-state index contributed by atoms with van der Waals surface area (Å²) in [5.74, 6) is 1.05. The van der Waals surface area contributed by atoms with Crippen LogP contribution in [0.4, 0.5) is 0 Å². The zero-order valence-corrected chi connectivity index (χ0v) is 18.1. The van der Waals surface area contributed by atoms with E-state index in [0.29, 0.717) is 24.7 Å². The largest absolute Gasteiger partial charge is 0.380 e. The van der Waals surface area contributed by atoms with Gasteiger partial charge in [-0.2, -0.15) is 0 Å². The smallest absolute Gasteiger partial charge is 0.239 e. The van der Waals surface area contributed by atoms with E-state index in [-0.39, 0.29) is 48.2 Å². The Morgan fingerprint density at radius 2 is 1.07 bits per heavy atom. The highest BCUT2D eigenvalue weighted by molar-refractivity contribution is 8.00. The van der Waals surface area contributed by atoms with Crippen LogP contribution in [0.5, 0.6) is 0 Å². The maximum Gasteiger partial charge on any atom is 0.239 e. The van der Waals surface area contributed by atoms with Gasteiger partial charge >= 0.3 is 0 Å². The van der Waals surface area contributed by atoms with Crippen LogP contribution in [0.25, 0.3) is 0 Å². The summed E-state index contributed by atoms with van der Waals surface area (Å²) in [5, 5.41) is 9.84. The van der Waals surface area contributed by atoms with E-state index < -0.39 is 0 Å². The van der Waals surface area contributed by atoms with Gasteiger partial charge in [-0.1, -0.05) is 13.8 Å². The summed E-state index contributed by atoms with van der Waals surface area (Å²) in [6.45, 7) is 4.99. The lowest BCUT2D eigenvalue weighted by molar-refractivity contribution is -0.124. The number of carbonyl (C=O) groups is 4. The van der Waals surface area contributed by atoms with Crippen LogP contribution in [-0.4, -0.2) is 87.0 Å². The normalized spacial score (nSPS) is 9.48. The number of carbonyl (C=O) groups excluding carboxylic acids is 4. The third-order valence-corrected chi connectivity index (χ3v) is 4.50. The van der Waals surface area contributed by atoms with Crippen molar-refractivity contribution in [2.75, 3.05) is 63.4 Å². The average molecular weight is 425 g/mol. The minimum Gasteiger partial charge on any atom is -0.380 e. The summed E-state index contributed by atoms with van der Waals surface area (Å²) in [6, 6.07) is 0. The third kappa shape index (κ3) is 20.7. The second-order valence-electron chi connectivity index (χ2n) is 4.62. The van der Waals surface area contributed by atoms with Crippen LogP contribution in [0, 0.1) is 0 Å². The highest BCUT2D eigenvalue weighted by atomic mass is 32.2. The first kappa shape index (κ1) is 27.8. The Kier molecular flexibility index (Phi) is 21.4. The van der Waals surface area contributed by atoms with Crippen molar-refractivity contribution in [1.82, 2.24) is 21.3 Å². The fourth-order valence-corrected chi connectivity index (χ4v) is 2.64. The SMILES string of the molecule is CC.CNC(=O)CNC(=O)CSCCOCCSCC(=O)NCC(=O)NC. The van der Waals surface area contributed by atoms with Gasteiger partial charge in [0.25, 0.3) is 0 Å². The van der Waals surface area contributed by atoms with Crippen LogP contribution in [-0.2, 0) is 23.9 Å². The van der Waals surface area contributed by atoms with Gasteiger partial charge in [0.2, 0.25) is 23.6 Å². The molecule has 0 atom stereocenters. The molecule has 158 valence electrons. The molecule has 0 unspecified atom stereocenters. The van der Waals surface area contributed by atoms with Gasteiger partial charge in [-0.15, -0.1) is 23.5 Å². The van der Waals surface area contributed by atoms with Crippen LogP contribution >= 0.6 is 23.5 Å². The van der Waals surface area contributed by atoms with Crippen LogP contribution in [0.15, 0.2) is 0 Å². The predicted octanol–water partition coefficient (Wildman–Crippen LogP) is -0.780. The summed E-state index contributed by atoms with van der Waals surface area (Å²) >= 11 is 2.85. The van der Waals surface area contributed by atoms with E-state index in [4.69, 9.17) is 4.74 Å². The maximum absolute atomic E-state index is 11.4. The van der Waals surface area contributed by atoms with Crippen molar-refractivity contribution >= 4 is 47.2 Å². The van der Waals surface area contributed by atoms with E-state index in [0.717, 1.165) is 0 Å². The lowest BCUT2D eigenvalue weighted by Crippen LogP contribution is -2.36. The molecule has 0 aromatic heterocycles. The Labute approximate surface area is 169 Å². The van der Waals surface area contributed by atoms with Crippen LogP contribution < -0.4 is 21.3 Å². The Hall–Kier alpha value is -1.46. The van der Waals surface area contributed by atoms with Crippen molar-refractivity contribution in [3.63, 3.8) is 0 Å². The van der Waals surface area contributed by atoms with Crippen molar-refractivity contribution in [2.24, 2.45) is 0 Å². The number of nitrogens with one attached hydrogen (secondary N) is 4. The van der Waals surface area contributed by atoms with Gasteiger partial charge in [-0.25, -0.2) is 0 Å². The molecule has 0 aliphatic heterocycles. The van der Waals surface area contributed by atoms with Crippen LogP contribution in [0.3, 0.4) is 0 Å². The Morgan fingerprint density at radius 1 is 0.704 bits per heavy atom. The highest BCUT2D eigenvalue weighted by Gasteiger charge is 2.05. The number of hydrogen-bond acceptors (Lipinski definition) is 7. The van der Waals surface area contributed by atoms with Crippen LogP contribution in [0.2, 0.25) is 0 Å². The first-order valence-electron chi connectivity index (χ1n) is 8.67. The van der Waals surface area contributed by atoms with Crippen molar-refractivity contribution in [2.45, 2.75) is 13.8 Å². The topological polar surface area (TPSA) is 126 Å². The standard InChI is InChI=1S/C14H26N4O5S2.C2H6/c1-15-11(19)7-17-13(21)9-24-5-3-23-4-6-25-10-14(22)18-8-12(20)16-2;1-2/h3-10H2,1-2H3,(H,15,19)(H,16,20)(H,17,21)(H,18,22);1-2H3. The highest BCUT2D eigenvalue weighted by Crippen LogP contribution is 2.01. The third-order valence-electron chi connectivity index (χ3n) is 2.66. The summed E-state index contributed by atoms with van der Waals surface area (Å²) < 4.78 is 5.40. The quantitative estimate of drug-likeness (QED) is 0.270. The lowest BCUT2D eigenvalue weighted by atomic mass is 10.5. The molecule has 0 rings (SSSR count). The molecular weight excluding hydrogens is 392 g/mol. The number of rotatable bonds is 14. The number of thioether (sulfide) groups is 2. The lowest BCUT2D eigenvalue weighted by Gasteiger charge is -2.06. The first-order chi connectivity index (χ1) is 13.0. The molecule has 0 bridgehead atoms. The van der Waals surface area contributed by atoms with Gasteiger partial charge in [-0.05, 0) is 0 Å². The molecule has 0 fully saturated rings. The van der Waals surface area contributed by atoms with Gasteiger partial charge in [0.1, 0.15) is 0 Å². The molecular formula is C16H32N4O5S2. The molecule has 27 heavy (non-hydrogen) atoms. The first-order valence-corrected chi connectivity index (χ1v) is 11.0. The summed E-state index contributed by atoms with van der Waals surface area (Å²) in [4.78, 5) is 44.7. The molecule has 4 amide bonds. The fourth-order valence-electron chi connectivity index (χ4n) is 1.30. The van der Waals surface area contributed by atoms with Gasteiger partial charge < -0.3 is 26.0 Å². The molecule has 4 N–H and O–H groups in total. The van der Waals surface area contributed by atoms with E-state index in [1.807, 2.05) is 13.8 Å². The van der Waals surface area contributed by atoms with Gasteiger partial charge in [0.15, 0.2) is 0 Å². The summed E-state index contributed by atoms with van der Waals surface area (Å²) in [5.41, 5.74) is 0. The molecule has 0 aliphatic rings. The van der Waals surface area contributed by atoms with E-state index >= 15 is 0 Å². The van der Waals surface area contributed by atoms with E-state index in [2.05, 4.69) is 21.3 Å². The number of likely N-dealkylation sites (N-methyl/N-ethyl adjacent to an activating group) is 2. The molecule has 0 aromatic carbocycles. The molecule has 9 nitrogen and oxygen atoms in total. The second kappa shape index (κ2) is 20.8. The van der Waals surface area contributed by atoms with Crippen LogP contribution in [0.1, 0.15) is 13.8 Å². The second-order valence-corrected chi connectivity index (χ2v) is 6.83. The maximum atomic E-state index is 11.4. The Balaban J connectivity index is 0. The van der Waals surface area contributed by atoms with Crippen molar-refractivity contribution in [3.05, 3.63) is 0 Å². The van der Waals surface area contributed by atoms with E-state index in [9.17, 15) is 19.2 Å². The fraction of sp³-hybridized carbons (Fsp3) is 0.750. The summed E-state index contributed by atoms with van der Waals surface area (Å²) in [6.07, 6.45) is 0. The number of amides is 4. The zero-order chi connectivity index (χ0) is 20.9. The summed E-state index contributed by atoms with van der Waals surface area (Å²) in [7, 11) is 3.02. The average Bonchev–Trinajstić information content (AvgIpc) is 2.70. The number of ether oxygens (including phenoxy) is 1. The molecule has 0 spiro atoms. The minimum atomic E-state index is -0.235. The van der Waals surface area contributed by atoms with E-state index in [1.165, 1.54) is 37.6 Å². The monoisotopic (exact) mass is 424 g/mol. The molecule has 0 saturated heterocycles. The van der Waals surface area contributed by atoms with Gasteiger partial charge in [-0.3, -0.25) is 19.2 Å². The molecule has 0 aromatic rings. The molecule has 0 radical (unpaired) electrons. The van der Waals surface area contributed by atoms with Gasteiger partial charge in [0, 0.05) is 25.6 Å². The van der Waals surface area contributed by atoms with Gasteiger partial charge in [0.05, 0.1) is 37.8 Å². The zero-order valence-electron chi connectivity index (χ0n) is 16.5. The molecule has 11 heteroatoms. The van der Waals surface area contributed by atoms with Crippen molar-refractivity contribution < 1.29 is 23.9 Å².